The molecule has 1 aliphatic rings. The minimum atomic E-state index is -0.0893. The maximum Gasteiger partial charge on any atom is 0.254 e. The summed E-state index contributed by atoms with van der Waals surface area (Å²) in [5, 5.41) is 8.99. The number of nitriles is 1. The van der Waals surface area contributed by atoms with E-state index in [0.717, 1.165) is 11.1 Å². The fourth-order valence-electron chi connectivity index (χ4n) is 3.38. The minimum Gasteiger partial charge on any atom is -0.339 e. The van der Waals surface area contributed by atoms with Gasteiger partial charge < -0.3 is 9.80 Å². The second kappa shape index (κ2) is 8.05. The highest BCUT2D eigenvalue weighted by atomic mass is 16.2. The van der Waals surface area contributed by atoms with Gasteiger partial charge >= 0.3 is 0 Å². The molecule has 0 bridgehead atoms. The van der Waals surface area contributed by atoms with Gasteiger partial charge in [-0.3, -0.25) is 9.59 Å². The van der Waals surface area contributed by atoms with Crippen LogP contribution in [0.5, 0.6) is 0 Å². The summed E-state index contributed by atoms with van der Waals surface area (Å²) in [5.74, 6) is 0.00843. The molecule has 0 saturated carbocycles. The highest BCUT2D eigenvalue weighted by Crippen LogP contribution is 2.15. The molecule has 1 fully saturated rings. The van der Waals surface area contributed by atoms with Crippen LogP contribution in [0.15, 0.2) is 42.5 Å². The van der Waals surface area contributed by atoms with Gasteiger partial charge in [-0.25, -0.2) is 0 Å². The number of carbonyl (C=O) groups excluding carboxylic acids is 2. The van der Waals surface area contributed by atoms with E-state index in [0.29, 0.717) is 43.7 Å². The third-order valence-corrected chi connectivity index (χ3v) is 5.00. The second-order valence-corrected chi connectivity index (χ2v) is 6.97. The van der Waals surface area contributed by atoms with Crippen molar-refractivity contribution < 1.29 is 9.59 Å². The Balaban J connectivity index is 1.58. The van der Waals surface area contributed by atoms with Crippen LogP contribution in [0.3, 0.4) is 0 Å². The summed E-state index contributed by atoms with van der Waals surface area (Å²) in [5.41, 5.74) is 4.37. The first-order chi connectivity index (χ1) is 13.0. The molecule has 0 radical (unpaired) electrons. The topological polar surface area (TPSA) is 64.4 Å². The van der Waals surface area contributed by atoms with Gasteiger partial charge in [-0.05, 0) is 43.2 Å². The van der Waals surface area contributed by atoms with Crippen molar-refractivity contribution in [1.29, 1.82) is 5.26 Å². The van der Waals surface area contributed by atoms with Crippen LogP contribution < -0.4 is 0 Å². The summed E-state index contributed by atoms with van der Waals surface area (Å²) in [6, 6.07) is 14.9. The van der Waals surface area contributed by atoms with Gasteiger partial charge in [0.2, 0.25) is 5.91 Å². The van der Waals surface area contributed by atoms with Crippen LogP contribution in [0, 0.1) is 25.2 Å². The lowest BCUT2D eigenvalue weighted by molar-refractivity contribution is -0.131. The molecule has 0 aromatic heterocycles. The first-order valence-electron chi connectivity index (χ1n) is 9.11. The normalized spacial score (nSPS) is 14.0. The Morgan fingerprint density at radius 1 is 1.00 bits per heavy atom. The number of hydrogen-bond acceptors (Lipinski definition) is 3. The van der Waals surface area contributed by atoms with Gasteiger partial charge in [0, 0.05) is 31.7 Å². The van der Waals surface area contributed by atoms with Crippen molar-refractivity contribution in [2.75, 3.05) is 26.2 Å². The van der Waals surface area contributed by atoms with Crippen molar-refractivity contribution >= 4 is 11.8 Å². The quantitative estimate of drug-likeness (QED) is 0.844. The van der Waals surface area contributed by atoms with Crippen LogP contribution in [0.1, 0.15) is 32.6 Å². The predicted molar refractivity (Wildman–Crippen MR) is 103 cm³/mol. The van der Waals surface area contributed by atoms with Gasteiger partial charge in [0.05, 0.1) is 18.1 Å². The number of amides is 2. The van der Waals surface area contributed by atoms with Crippen molar-refractivity contribution in [2.24, 2.45) is 0 Å². The number of nitrogens with zero attached hydrogens (tertiary/aromatic N) is 3. The average Bonchev–Trinajstić information content (AvgIpc) is 2.69. The molecular weight excluding hydrogens is 338 g/mol. The molecule has 0 N–H and O–H groups in total. The predicted octanol–water partition coefficient (Wildman–Crippen LogP) is 2.70. The lowest BCUT2D eigenvalue weighted by Crippen LogP contribution is -2.51. The lowest BCUT2D eigenvalue weighted by atomic mass is 10.0. The summed E-state index contributed by atoms with van der Waals surface area (Å²) in [6.45, 7) is 6.16. The summed E-state index contributed by atoms with van der Waals surface area (Å²) in [7, 11) is 0. The van der Waals surface area contributed by atoms with Crippen LogP contribution >= 0.6 is 0 Å². The molecular formula is C22H23N3O2. The zero-order valence-corrected chi connectivity index (χ0v) is 15.7. The van der Waals surface area contributed by atoms with E-state index in [2.05, 4.69) is 12.1 Å². The van der Waals surface area contributed by atoms with E-state index < -0.39 is 0 Å². The largest absolute Gasteiger partial charge is 0.339 e. The van der Waals surface area contributed by atoms with Gasteiger partial charge in [0.1, 0.15) is 0 Å². The van der Waals surface area contributed by atoms with E-state index in [4.69, 9.17) is 5.26 Å². The fraction of sp³-hybridized carbons (Fsp3) is 0.318. The molecule has 0 aliphatic carbocycles. The monoisotopic (exact) mass is 361 g/mol. The maximum atomic E-state index is 12.6. The summed E-state index contributed by atoms with van der Waals surface area (Å²) >= 11 is 0. The zero-order valence-electron chi connectivity index (χ0n) is 15.7. The molecule has 1 heterocycles. The lowest BCUT2D eigenvalue weighted by Gasteiger charge is -2.35. The molecule has 0 spiro atoms. The van der Waals surface area contributed by atoms with E-state index in [1.54, 1.807) is 29.2 Å². The standard InChI is InChI=1S/C22H23N3O2/c1-16-6-7-19(17(2)12-16)14-21(26)24-8-10-25(11-9-24)22(27)20-5-3-4-18(13-20)15-23/h3-7,12-13H,8-11,14H2,1-2H3. The zero-order chi connectivity index (χ0) is 19.4. The average molecular weight is 361 g/mol. The molecule has 2 aromatic carbocycles. The number of benzene rings is 2. The molecule has 0 atom stereocenters. The van der Waals surface area contributed by atoms with Crippen molar-refractivity contribution in [1.82, 2.24) is 9.80 Å². The van der Waals surface area contributed by atoms with Crippen LogP contribution in [0.4, 0.5) is 0 Å². The summed E-state index contributed by atoms with van der Waals surface area (Å²) in [4.78, 5) is 28.8. The SMILES string of the molecule is Cc1ccc(CC(=O)N2CCN(C(=O)c3cccc(C#N)c3)CC2)c(C)c1. The van der Waals surface area contributed by atoms with Crippen molar-refractivity contribution in [3.05, 3.63) is 70.3 Å². The molecule has 2 aromatic rings. The van der Waals surface area contributed by atoms with Crippen molar-refractivity contribution in [2.45, 2.75) is 20.3 Å². The Morgan fingerprint density at radius 2 is 1.70 bits per heavy atom. The fourth-order valence-corrected chi connectivity index (χ4v) is 3.38. The highest BCUT2D eigenvalue weighted by Gasteiger charge is 2.25. The number of hydrogen-bond donors (Lipinski definition) is 0. The molecule has 5 heteroatoms. The molecule has 1 aliphatic heterocycles. The minimum absolute atomic E-state index is 0.0893. The molecule has 27 heavy (non-hydrogen) atoms. The second-order valence-electron chi connectivity index (χ2n) is 6.97. The number of carbonyl (C=O) groups is 2. The number of rotatable bonds is 3. The molecule has 3 rings (SSSR count). The van der Waals surface area contributed by atoms with Gasteiger partial charge in [-0.1, -0.05) is 29.8 Å². The van der Waals surface area contributed by atoms with E-state index in [1.165, 1.54) is 5.56 Å². The van der Waals surface area contributed by atoms with Gasteiger partial charge in [-0.15, -0.1) is 0 Å². The van der Waals surface area contributed by atoms with Crippen LogP contribution in [-0.4, -0.2) is 47.8 Å². The smallest absolute Gasteiger partial charge is 0.254 e. The molecule has 1 saturated heterocycles. The molecule has 2 amide bonds. The summed E-state index contributed by atoms with van der Waals surface area (Å²) in [6.07, 6.45) is 0.393. The first kappa shape index (κ1) is 18.7. The van der Waals surface area contributed by atoms with Gasteiger partial charge in [0.25, 0.3) is 5.91 Å². The molecule has 0 unspecified atom stereocenters. The Kier molecular flexibility index (Phi) is 5.56. The molecule has 138 valence electrons. The highest BCUT2D eigenvalue weighted by molar-refractivity contribution is 5.94. The van der Waals surface area contributed by atoms with Crippen LogP contribution in [0.2, 0.25) is 0 Å². The van der Waals surface area contributed by atoms with Crippen molar-refractivity contribution in [3.8, 4) is 6.07 Å². The Morgan fingerprint density at radius 3 is 2.37 bits per heavy atom. The first-order valence-corrected chi connectivity index (χ1v) is 9.11. The van der Waals surface area contributed by atoms with Gasteiger partial charge in [-0.2, -0.15) is 5.26 Å². The van der Waals surface area contributed by atoms with E-state index in [1.807, 2.05) is 30.9 Å². The van der Waals surface area contributed by atoms with E-state index >= 15 is 0 Å². The van der Waals surface area contributed by atoms with Crippen LogP contribution in [0.25, 0.3) is 0 Å². The summed E-state index contributed by atoms with van der Waals surface area (Å²) < 4.78 is 0. The molecule has 5 nitrogen and oxygen atoms in total. The third kappa shape index (κ3) is 4.35. The Bertz CT molecular complexity index is 906. The van der Waals surface area contributed by atoms with Crippen molar-refractivity contribution in [3.63, 3.8) is 0 Å². The maximum absolute atomic E-state index is 12.6. The Hall–Kier alpha value is -3.13. The van der Waals surface area contributed by atoms with E-state index in [-0.39, 0.29) is 11.8 Å². The number of piperazine rings is 1. The van der Waals surface area contributed by atoms with E-state index in [9.17, 15) is 9.59 Å². The Labute approximate surface area is 159 Å². The third-order valence-electron chi connectivity index (χ3n) is 5.00. The number of aryl methyl sites for hydroxylation is 2. The van der Waals surface area contributed by atoms with Crippen LogP contribution in [-0.2, 0) is 11.2 Å². The van der Waals surface area contributed by atoms with Gasteiger partial charge in [0.15, 0.2) is 0 Å².